The van der Waals surface area contributed by atoms with Crippen molar-refractivity contribution in [3.05, 3.63) is 35.6 Å². The zero-order chi connectivity index (χ0) is 14.4. The summed E-state index contributed by atoms with van der Waals surface area (Å²) >= 11 is 0. The number of halogens is 1. The number of nitrogens with two attached hydrogens (primary N) is 1. The van der Waals surface area contributed by atoms with Gasteiger partial charge in [0.1, 0.15) is 5.82 Å². The SMILES string of the molecule is C[C@@H](OC(=O)Cc1ccccc1F)C(=O)NC(N)=O. The third-order valence-electron chi connectivity index (χ3n) is 2.22. The normalized spacial score (nSPS) is 11.5. The van der Waals surface area contributed by atoms with Gasteiger partial charge in [-0.3, -0.25) is 14.9 Å². The topological polar surface area (TPSA) is 98.5 Å². The maximum atomic E-state index is 13.3. The van der Waals surface area contributed by atoms with Crippen LogP contribution in [0.1, 0.15) is 12.5 Å². The van der Waals surface area contributed by atoms with Crippen molar-refractivity contribution in [2.24, 2.45) is 5.73 Å². The van der Waals surface area contributed by atoms with Gasteiger partial charge in [0.25, 0.3) is 5.91 Å². The molecule has 0 unspecified atom stereocenters. The molecule has 0 heterocycles. The first-order chi connectivity index (χ1) is 8.90. The minimum Gasteiger partial charge on any atom is -0.452 e. The second-order valence-electron chi connectivity index (χ2n) is 3.75. The molecule has 0 aliphatic heterocycles. The molecule has 0 saturated carbocycles. The Morgan fingerprint density at radius 3 is 2.58 bits per heavy atom. The second-order valence-corrected chi connectivity index (χ2v) is 3.75. The third-order valence-corrected chi connectivity index (χ3v) is 2.22. The van der Waals surface area contributed by atoms with Crippen molar-refractivity contribution >= 4 is 17.9 Å². The highest BCUT2D eigenvalue weighted by Crippen LogP contribution is 2.08. The van der Waals surface area contributed by atoms with Gasteiger partial charge >= 0.3 is 12.0 Å². The molecule has 6 nitrogen and oxygen atoms in total. The second kappa shape index (κ2) is 6.48. The molecule has 1 atom stereocenters. The summed E-state index contributed by atoms with van der Waals surface area (Å²) in [6.07, 6.45) is -1.49. The van der Waals surface area contributed by atoms with E-state index < -0.39 is 29.8 Å². The molecule has 1 rings (SSSR count). The van der Waals surface area contributed by atoms with E-state index in [1.807, 2.05) is 0 Å². The standard InChI is InChI=1S/C12H13FN2O4/c1-7(11(17)15-12(14)18)19-10(16)6-8-4-2-3-5-9(8)13/h2-5,7H,6H2,1H3,(H3,14,15,17,18)/t7-/m1/s1. The zero-order valence-corrected chi connectivity index (χ0v) is 10.2. The van der Waals surface area contributed by atoms with Crippen molar-refractivity contribution in [3.63, 3.8) is 0 Å². The average Bonchev–Trinajstić information content (AvgIpc) is 2.31. The van der Waals surface area contributed by atoms with Crippen molar-refractivity contribution in [1.82, 2.24) is 5.32 Å². The fraction of sp³-hybridized carbons (Fsp3) is 0.250. The number of rotatable bonds is 4. The Balaban J connectivity index is 2.54. The Hall–Kier alpha value is -2.44. The van der Waals surface area contributed by atoms with Crippen LogP contribution in [0, 0.1) is 5.82 Å². The fourth-order valence-electron chi connectivity index (χ4n) is 1.31. The van der Waals surface area contributed by atoms with E-state index in [4.69, 9.17) is 10.5 Å². The molecular formula is C12H13FN2O4. The van der Waals surface area contributed by atoms with E-state index in [1.165, 1.54) is 25.1 Å². The smallest absolute Gasteiger partial charge is 0.318 e. The number of benzene rings is 1. The van der Waals surface area contributed by atoms with Crippen molar-refractivity contribution in [2.75, 3.05) is 0 Å². The van der Waals surface area contributed by atoms with Gasteiger partial charge in [0, 0.05) is 0 Å². The van der Waals surface area contributed by atoms with Crippen LogP contribution < -0.4 is 11.1 Å². The summed E-state index contributed by atoms with van der Waals surface area (Å²) < 4.78 is 18.0. The van der Waals surface area contributed by atoms with Gasteiger partial charge < -0.3 is 10.5 Å². The fourth-order valence-corrected chi connectivity index (χ4v) is 1.31. The Bertz CT molecular complexity index is 504. The summed E-state index contributed by atoms with van der Waals surface area (Å²) in [4.78, 5) is 33.2. The molecule has 1 aromatic carbocycles. The molecule has 0 bridgehead atoms. The van der Waals surface area contributed by atoms with Crippen molar-refractivity contribution in [2.45, 2.75) is 19.4 Å². The van der Waals surface area contributed by atoms with Gasteiger partial charge in [-0.05, 0) is 18.6 Å². The van der Waals surface area contributed by atoms with Gasteiger partial charge in [0.2, 0.25) is 0 Å². The quantitative estimate of drug-likeness (QED) is 0.776. The summed E-state index contributed by atoms with van der Waals surface area (Å²) in [6.45, 7) is 1.28. The molecule has 3 amide bonds. The molecule has 7 heteroatoms. The Morgan fingerprint density at radius 2 is 2.00 bits per heavy atom. The number of ether oxygens (including phenoxy) is 1. The molecule has 1 aromatic rings. The summed E-state index contributed by atoms with van der Waals surface area (Å²) in [5.41, 5.74) is 4.91. The average molecular weight is 268 g/mol. The lowest BCUT2D eigenvalue weighted by Crippen LogP contribution is -2.42. The van der Waals surface area contributed by atoms with Crippen LogP contribution in [0.25, 0.3) is 0 Å². The van der Waals surface area contributed by atoms with Crippen LogP contribution in [-0.2, 0) is 20.7 Å². The Labute approximate surface area is 108 Å². The number of primary amides is 1. The lowest BCUT2D eigenvalue weighted by atomic mass is 10.1. The molecule has 0 aliphatic rings. The van der Waals surface area contributed by atoms with Gasteiger partial charge in [-0.25, -0.2) is 9.18 Å². The summed E-state index contributed by atoms with van der Waals surface area (Å²) in [5.74, 6) is -2.15. The molecule has 0 spiro atoms. The maximum absolute atomic E-state index is 13.3. The molecule has 0 radical (unpaired) electrons. The van der Waals surface area contributed by atoms with Crippen LogP contribution >= 0.6 is 0 Å². The molecule has 0 fully saturated rings. The van der Waals surface area contributed by atoms with Crippen molar-refractivity contribution < 1.29 is 23.5 Å². The first-order valence-corrected chi connectivity index (χ1v) is 5.43. The van der Waals surface area contributed by atoms with Crippen LogP contribution in [0.2, 0.25) is 0 Å². The molecule has 0 aliphatic carbocycles. The number of carbonyl (C=O) groups is 3. The first-order valence-electron chi connectivity index (χ1n) is 5.43. The predicted octanol–water partition coefficient (Wildman–Crippen LogP) is 0.495. The molecular weight excluding hydrogens is 255 g/mol. The number of esters is 1. The minimum atomic E-state index is -1.19. The van der Waals surface area contributed by atoms with Crippen LogP contribution in [0.5, 0.6) is 0 Å². The number of urea groups is 1. The predicted molar refractivity (Wildman–Crippen MR) is 63.4 cm³/mol. The van der Waals surface area contributed by atoms with E-state index in [0.29, 0.717) is 0 Å². The third kappa shape index (κ3) is 4.74. The largest absolute Gasteiger partial charge is 0.452 e. The molecule has 102 valence electrons. The Kier molecular flexibility index (Phi) is 4.99. The molecule has 19 heavy (non-hydrogen) atoms. The van der Waals surface area contributed by atoms with Crippen LogP contribution in [0.15, 0.2) is 24.3 Å². The minimum absolute atomic E-state index is 0.162. The molecule has 3 N–H and O–H groups in total. The van der Waals surface area contributed by atoms with Gasteiger partial charge in [-0.1, -0.05) is 18.2 Å². The molecule has 0 aromatic heterocycles. The van der Waals surface area contributed by atoms with E-state index >= 15 is 0 Å². The van der Waals surface area contributed by atoms with Gasteiger partial charge in [0.15, 0.2) is 6.10 Å². The monoisotopic (exact) mass is 268 g/mol. The lowest BCUT2D eigenvalue weighted by Gasteiger charge is -2.12. The highest BCUT2D eigenvalue weighted by Gasteiger charge is 2.19. The van der Waals surface area contributed by atoms with Gasteiger partial charge in [0.05, 0.1) is 6.42 Å². The zero-order valence-electron chi connectivity index (χ0n) is 10.2. The summed E-state index contributed by atoms with van der Waals surface area (Å²) in [6, 6.07) is 4.68. The van der Waals surface area contributed by atoms with E-state index in [2.05, 4.69) is 0 Å². The number of hydrogen-bond donors (Lipinski definition) is 2. The molecule has 0 saturated heterocycles. The number of carbonyl (C=O) groups excluding carboxylic acids is 3. The first kappa shape index (κ1) is 14.6. The number of hydrogen-bond acceptors (Lipinski definition) is 4. The van der Waals surface area contributed by atoms with Crippen molar-refractivity contribution in [1.29, 1.82) is 0 Å². The lowest BCUT2D eigenvalue weighted by molar-refractivity contribution is -0.153. The summed E-state index contributed by atoms with van der Waals surface area (Å²) in [7, 11) is 0. The Morgan fingerprint density at radius 1 is 1.37 bits per heavy atom. The van der Waals surface area contributed by atoms with Crippen LogP contribution in [0.3, 0.4) is 0 Å². The van der Waals surface area contributed by atoms with E-state index in [0.717, 1.165) is 0 Å². The number of imide groups is 1. The number of amides is 3. The van der Waals surface area contributed by atoms with Crippen molar-refractivity contribution in [3.8, 4) is 0 Å². The van der Waals surface area contributed by atoms with E-state index in [1.54, 1.807) is 11.4 Å². The van der Waals surface area contributed by atoms with Gasteiger partial charge in [-0.2, -0.15) is 0 Å². The van der Waals surface area contributed by atoms with Gasteiger partial charge in [-0.15, -0.1) is 0 Å². The highest BCUT2D eigenvalue weighted by molar-refractivity contribution is 5.96. The van der Waals surface area contributed by atoms with E-state index in [9.17, 15) is 18.8 Å². The van der Waals surface area contributed by atoms with E-state index in [-0.39, 0.29) is 12.0 Å². The highest BCUT2D eigenvalue weighted by atomic mass is 19.1. The maximum Gasteiger partial charge on any atom is 0.318 e. The van der Waals surface area contributed by atoms with Crippen LogP contribution in [0.4, 0.5) is 9.18 Å². The van der Waals surface area contributed by atoms with Crippen LogP contribution in [-0.4, -0.2) is 24.0 Å². The summed E-state index contributed by atoms with van der Waals surface area (Å²) in [5, 5.41) is 1.77. The number of nitrogens with one attached hydrogen (secondary N) is 1.